The molecule has 2 aromatic rings. The Balaban J connectivity index is 2.46. The predicted molar refractivity (Wildman–Crippen MR) is 81.5 cm³/mol. The van der Waals surface area contributed by atoms with Gasteiger partial charge in [0.2, 0.25) is 0 Å². The SMILES string of the molecule is COc1cccc(/C=C(\C(=O)O)c2cccc(OC)c2)c1. The van der Waals surface area contributed by atoms with E-state index in [1.54, 1.807) is 50.6 Å². The molecule has 0 unspecified atom stereocenters. The summed E-state index contributed by atoms with van der Waals surface area (Å²) in [6, 6.07) is 14.2. The smallest absolute Gasteiger partial charge is 0.336 e. The van der Waals surface area contributed by atoms with Gasteiger partial charge in [0.1, 0.15) is 11.5 Å². The van der Waals surface area contributed by atoms with E-state index >= 15 is 0 Å². The van der Waals surface area contributed by atoms with Crippen LogP contribution in [0.5, 0.6) is 11.5 Å². The molecule has 1 N–H and O–H groups in total. The number of ether oxygens (including phenoxy) is 2. The van der Waals surface area contributed by atoms with E-state index in [0.717, 1.165) is 5.56 Å². The summed E-state index contributed by atoms with van der Waals surface area (Å²) in [5.74, 6) is 0.301. The molecule has 0 saturated carbocycles. The monoisotopic (exact) mass is 284 g/mol. The van der Waals surface area contributed by atoms with Crippen LogP contribution in [0.1, 0.15) is 11.1 Å². The highest BCUT2D eigenvalue weighted by Gasteiger charge is 2.11. The third kappa shape index (κ3) is 3.63. The van der Waals surface area contributed by atoms with Crippen LogP contribution in [-0.4, -0.2) is 25.3 Å². The minimum Gasteiger partial charge on any atom is -0.497 e. The van der Waals surface area contributed by atoms with Gasteiger partial charge in [-0.2, -0.15) is 0 Å². The Morgan fingerprint density at radius 2 is 1.62 bits per heavy atom. The van der Waals surface area contributed by atoms with Gasteiger partial charge in [-0.1, -0.05) is 24.3 Å². The molecule has 0 heterocycles. The van der Waals surface area contributed by atoms with Crippen molar-refractivity contribution in [3.8, 4) is 11.5 Å². The average molecular weight is 284 g/mol. The van der Waals surface area contributed by atoms with Crippen LogP contribution in [0, 0.1) is 0 Å². The van der Waals surface area contributed by atoms with E-state index in [9.17, 15) is 9.90 Å². The molecule has 0 amide bonds. The Kier molecular flexibility index (Phi) is 4.61. The molecule has 0 fully saturated rings. The summed E-state index contributed by atoms with van der Waals surface area (Å²) in [7, 11) is 3.12. The minimum atomic E-state index is -0.994. The number of carboxylic acids is 1. The van der Waals surface area contributed by atoms with E-state index in [1.165, 1.54) is 0 Å². The van der Waals surface area contributed by atoms with Crippen molar-refractivity contribution in [2.24, 2.45) is 0 Å². The van der Waals surface area contributed by atoms with Crippen LogP contribution in [-0.2, 0) is 4.79 Å². The molecule has 0 spiro atoms. The topological polar surface area (TPSA) is 55.8 Å². The van der Waals surface area contributed by atoms with Gasteiger partial charge >= 0.3 is 5.97 Å². The fraction of sp³-hybridized carbons (Fsp3) is 0.118. The quantitative estimate of drug-likeness (QED) is 0.676. The van der Waals surface area contributed by atoms with Crippen LogP contribution < -0.4 is 9.47 Å². The number of carbonyl (C=O) groups is 1. The maximum atomic E-state index is 11.5. The molecule has 0 aliphatic carbocycles. The van der Waals surface area contributed by atoms with Gasteiger partial charge in [-0.25, -0.2) is 4.79 Å². The molecular formula is C17H16O4. The number of methoxy groups -OCH3 is 2. The highest BCUT2D eigenvalue weighted by molar-refractivity contribution is 6.20. The summed E-state index contributed by atoms with van der Waals surface area (Å²) in [5.41, 5.74) is 1.54. The van der Waals surface area contributed by atoms with Crippen molar-refractivity contribution in [1.29, 1.82) is 0 Å². The molecule has 108 valence electrons. The zero-order valence-corrected chi connectivity index (χ0v) is 11.9. The molecule has 4 heteroatoms. The van der Waals surface area contributed by atoms with Crippen molar-refractivity contribution in [3.63, 3.8) is 0 Å². The number of rotatable bonds is 5. The Labute approximate surface area is 123 Å². The fourth-order valence-electron chi connectivity index (χ4n) is 1.96. The Morgan fingerprint density at radius 1 is 1.00 bits per heavy atom. The van der Waals surface area contributed by atoms with Crippen LogP contribution in [0.15, 0.2) is 48.5 Å². The predicted octanol–water partition coefficient (Wildman–Crippen LogP) is 3.33. The van der Waals surface area contributed by atoms with Gasteiger partial charge in [0.25, 0.3) is 0 Å². The fourth-order valence-corrected chi connectivity index (χ4v) is 1.96. The van der Waals surface area contributed by atoms with Crippen molar-refractivity contribution in [2.45, 2.75) is 0 Å². The molecule has 0 atom stereocenters. The first kappa shape index (κ1) is 14.7. The summed E-state index contributed by atoms with van der Waals surface area (Å²) in [6.45, 7) is 0. The maximum absolute atomic E-state index is 11.5. The summed E-state index contributed by atoms with van der Waals surface area (Å²) >= 11 is 0. The van der Waals surface area contributed by atoms with E-state index in [-0.39, 0.29) is 5.57 Å². The number of benzene rings is 2. The third-order valence-corrected chi connectivity index (χ3v) is 3.02. The van der Waals surface area contributed by atoms with Crippen LogP contribution in [0.2, 0.25) is 0 Å². The van der Waals surface area contributed by atoms with Crippen molar-refractivity contribution in [2.75, 3.05) is 14.2 Å². The zero-order chi connectivity index (χ0) is 15.2. The summed E-state index contributed by atoms with van der Waals surface area (Å²) in [5, 5.41) is 9.44. The Hall–Kier alpha value is -2.75. The largest absolute Gasteiger partial charge is 0.497 e. The first-order valence-electron chi connectivity index (χ1n) is 6.37. The van der Waals surface area contributed by atoms with Crippen LogP contribution >= 0.6 is 0 Å². The standard InChI is InChI=1S/C17H16O4/c1-20-14-7-3-5-12(9-14)10-16(17(18)19)13-6-4-8-15(11-13)21-2/h3-11H,1-2H3,(H,18,19)/b16-10-. The summed E-state index contributed by atoms with van der Waals surface area (Å²) < 4.78 is 10.3. The lowest BCUT2D eigenvalue weighted by Crippen LogP contribution is -2.00. The van der Waals surface area contributed by atoms with Crippen molar-refractivity contribution < 1.29 is 19.4 Å². The van der Waals surface area contributed by atoms with E-state index in [4.69, 9.17) is 9.47 Å². The first-order valence-corrected chi connectivity index (χ1v) is 6.37. The molecule has 0 saturated heterocycles. The zero-order valence-electron chi connectivity index (χ0n) is 11.9. The highest BCUT2D eigenvalue weighted by atomic mass is 16.5. The van der Waals surface area contributed by atoms with Gasteiger partial charge in [0.15, 0.2) is 0 Å². The first-order chi connectivity index (χ1) is 10.1. The number of aliphatic carboxylic acids is 1. The molecular weight excluding hydrogens is 268 g/mol. The van der Waals surface area contributed by atoms with Gasteiger partial charge in [0, 0.05) is 0 Å². The molecule has 2 rings (SSSR count). The van der Waals surface area contributed by atoms with Crippen molar-refractivity contribution in [3.05, 3.63) is 59.7 Å². The third-order valence-electron chi connectivity index (χ3n) is 3.02. The molecule has 0 aliphatic heterocycles. The second kappa shape index (κ2) is 6.61. The van der Waals surface area contributed by atoms with E-state index in [1.807, 2.05) is 18.2 Å². The minimum absolute atomic E-state index is 0.196. The second-order valence-electron chi connectivity index (χ2n) is 4.37. The molecule has 0 aliphatic rings. The van der Waals surface area contributed by atoms with E-state index in [2.05, 4.69) is 0 Å². The van der Waals surface area contributed by atoms with Crippen molar-refractivity contribution in [1.82, 2.24) is 0 Å². The van der Waals surface area contributed by atoms with Gasteiger partial charge in [-0.05, 0) is 41.5 Å². The second-order valence-corrected chi connectivity index (χ2v) is 4.37. The Morgan fingerprint density at radius 3 is 2.24 bits per heavy atom. The normalized spacial score (nSPS) is 11.0. The molecule has 2 aromatic carbocycles. The summed E-state index contributed by atoms with van der Waals surface area (Å²) in [6.07, 6.45) is 1.61. The van der Waals surface area contributed by atoms with Crippen LogP contribution in [0.25, 0.3) is 11.6 Å². The Bertz CT molecular complexity index is 674. The molecule has 21 heavy (non-hydrogen) atoms. The van der Waals surface area contributed by atoms with Gasteiger partial charge in [-0.3, -0.25) is 0 Å². The van der Waals surface area contributed by atoms with Gasteiger partial charge in [-0.15, -0.1) is 0 Å². The van der Waals surface area contributed by atoms with E-state index in [0.29, 0.717) is 17.1 Å². The van der Waals surface area contributed by atoms with Gasteiger partial charge in [0.05, 0.1) is 19.8 Å². The highest BCUT2D eigenvalue weighted by Crippen LogP contribution is 2.24. The number of hydrogen-bond acceptors (Lipinski definition) is 3. The molecule has 0 aromatic heterocycles. The average Bonchev–Trinajstić information content (AvgIpc) is 2.52. The molecule has 0 bridgehead atoms. The lowest BCUT2D eigenvalue weighted by Gasteiger charge is -2.06. The number of hydrogen-bond donors (Lipinski definition) is 1. The summed E-state index contributed by atoms with van der Waals surface area (Å²) in [4.78, 5) is 11.5. The van der Waals surface area contributed by atoms with Gasteiger partial charge < -0.3 is 14.6 Å². The maximum Gasteiger partial charge on any atom is 0.336 e. The van der Waals surface area contributed by atoms with Crippen molar-refractivity contribution >= 4 is 17.6 Å². The molecule has 0 radical (unpaired) electrons. The lowest BCUT2D eigenvalue weighted by atomic mass is 10.0. The van der Waals surface area contributed by atoms with E-state index < -0.39 is 5.97 Å². The lowest BCUT2D eigenvalue weighted by molar-refractivity contribution is -0.130. The number of carboxylic acid groups (broad SMARTS) is 1. The van der Waals surface area contributed by atoms with Crippen LogP contribution in [0.3, 0.4) is 0 Å². The molecule has 4 nitrogen and oxygen atoms in total. The van der Waals surface area contributed by atoms with Crippen LogP contribution in [0.4, 0.5) is 0 Å².